The highest BCUT2D eigenvalue weighted by Gasteiger charge is 2.40. The summed E-state index contributed by atoms with van der Waals surface area (Å²) < 4.78 is 38.9. The second kappa shape index (κ2) is 4.63. The van der Waals surface area contributed by atoms with Crippen LogP contribution in [0.1, 0.15) is 48.9 Å². The van der Waals surface area contributed by atoms with Gasteiger partial charge in [-0.3, -0.25) is 4.79 Å². The van der Waals surface area contributed by atoms with E-state index in [4.69, 9.17) is 0 Å². The zero-order valence-corrected chi connectivity index (χ0v) is 8.95. The molecule has 0 aromatic carbocycles. The van der Waals surface area contributed by atoms with Crippen molar-refractivity contribution < 1.29 is 18.0 Å². The molecule has 0 aliphatic rings. The molecule has 4 nitrogen and oxygen atoms in total. The predicted octanol–water partition coefficient (Wildman–Crippen LogP) is 2.47. The summed E-state index contributed by atoms with van der Waals surface area (Å²) in [4.78, 5) is 10.5. The van der Waals surface area contributed by atoms with Crippen molar-refractivity contribution in [3.05, 3.63) is 11.4 Å². The van der Waals surface area contributed by atoms with E-state index >= 15 is 0 Å². The Morgan fingerprint density at radius 1 is 1.38 bits per heavy atom. The summed E-state index contributed by atoms with van der Waals surface area (Å²) in [6, 6.07) is -0.391. The minimum Gasteiger partial charge on any atom is -0.296 e. The van der Waals surface area contributed by atoms with Gasteiger partial charge in [0.05, 0.1) is 6.04 Å². The van der Waals surface area contributed by atoms with Crippen LogP contribution in [0.4, 0.5) is 13.2 Å². The number of carbonyl (C=O) groups is 1. The van der Waals surface area contributed by atoms with Crippen molar-refractivity contribution >= 4 is 6.29 Å². The normalized spacial score (nSPS) is 12.1. The SMILES string of the molecule is CCC(CC)n1nnc(C=O)c1C(F)(F)F. The number of hydrogen-bond acceptors (Lipinski definition) is 3. The van der Waals surface area contributed by atoms with Gasteiger partial charge in [-0.05, 0) is 12.8 Å². The zero-order valence-electron chi connectivity index (χ0n) is 8.95. The lowest BCUT2D eigenvalue weighted by Crippen LogP contribution is -2.20. The van der Waals surface area contributed by atoms with E-state index in [1.807, 2.05) is 0 Å². The number of alkyl halides is 3. The molecule has 0 saturated heterocycles. The van der Waals surface area contributed by atoms with Crippen LogP contribution in [-0.2, 0) is 6.18 Å². The Labute approximate surface area is 90.4 Å². The molecule has 0 spiro atoms. The quantitative estimate of drug-likeness (QED) is 0.753. The first-order valence-corrected chi connectivity index (χ1v) is 4.93. The molecule has 0 saturated carbocycles. The number of rotatable bonds is 4. The Morgan fingerprint density at radius 3 is 2.31 bits per heavy atom. The van der Waals surface area contributed by atoms with Gasteiger partial charge in [-0.25, -0.2) is 4.68 Å². The molecule has 16 heavy (non-hydrogen) atoms. The second-order valence-electron chi connectivity index (χ2n) is 3.35. The van der Waals surface area contributed by atoms with Gasteiger partial charge >= 0.3 is 6.18 Å². The molecular weight excluding hydrogens is 223 g/mol. The first-order valence-electron chi connectivity index (χ1n) is 4.93. The third-order valence-corrected chi connectivity index (χ3v) is 2.39. The Balaban J connectivity index is 3.30. The highest BCUT2D eigenvalue weighted by Crippen LogP contribution is 2.33. The Kier molecular flexibility index (Phi) is 3.66. The van der Waals surface area contributed by atoms with Crippen molar-refractivity contribution in [2.24, 2.45) is 0 Å². The molecule has 1 heterocycles. The molecule has 0 atom stereocenters. The average Bonchev–Trinajstić information content (AvgIpc) is 2.63. The van der Waals surface area contributed by atoms with Gasteiger partial charge in [0.2, 0.25) is 0 Å². The van der Waals surface area contributed by atoms with Gasteiger partial charge in [0.1, 0.15) is 0 Å². The van der Waals surface area contributed by atoms with Crippen molar-refractivity contribution in [3.63, 3.8) is 0 Å². The van der Waals surface area contributed by atoms with Crippen LogP contribution in [0.3, 0.4) is 0 Å². The van der Waals surface area contributed by atoms with Crippen LogP contribution in [0, 0.1) is 0 Å². The minimum atomic E-state index is -4.61. The maximum atomic E-state index is 12.7. The Hall–Kier alpha value is -1.40. The predicted molar refractivity (Wildman–Crippen MR) is 50.0 cm³/mol. The van der Waals surface area contributed by atoms with Gasteiger partial charge in [-0.2, -0.15) is 13.2 Å². The summed E-state index contributed by atoms with van der Waals surface area (Å²) in [6.07, 6.45) is -3.53. The summed E-state index contributed by atoms with van der Waals surface area (Å²) in [5, 5.41) is 6.65. The van der Waals surface area contributed by atoms with Gasteiger partial charge in [0.25, 0.3) is 0 Å². The van der Waals surface area contributed by atoms with E-state index < -0.39 is 23.6 Å². The van der Waals surface area contributed by atoms with E-state index in [0.29, 0.717) is 12.8 Å². The topological polar surface area (TPSA) is 47.8 Å². The molecule has 1 aromatic heterocycles. The first-order chi connectivity index (χ1) is 7.45. The van der Waals surface area contributed by atoms with Gasteiger partial charge in [-0.1, -0.05) is 19.1 Å². The fraction of sp³-hybridized carbons (Fsp3) is 0.667. The lowest BCUT2D eigenvalue weighted by atomic mass is 10.1. The van der Waals surface area contributed by atoms with Crippen molar-refractivity contribution in [2.75, 3.05) is 0 Å². The Morgan fingerprint density at radius 2 is 1.94 bits per heavy atom. The maximum absolute atomic E-state index is 12.7. The van der Waals surface area contributed by atoms with Crippen molar-refractivity contribution in [1.29, 1.82) is 0 Å². The number of nitrogens with zero attached hydrogens (tertiary/aromatic N) is 3. The van der Waals surface area contributed by atoms with E-state index in [1.54, 1.807) is 13.8 Å². The van der Waals surface area contributed by atoms with Crippen LogP contribution in [-0.4, -0.2) is 21.3 Å². The highest BCUT2D eigenvalue weighted by atomic mass is 19.4. The molecule has 0 bridgehead atoms. The molecular formula is C9H12F3N3O. The van der Waals surface area contributed by atoms with Gasteiger partial charge in [-0.15, -0.1) is 5.10 Å². The molecule has 0 aliphatic heterocycles. The van der Waals surface area contributed by atoms with Crippen LogP contribution in [0.2, 0.25) is 0 Å². The average molecular weight is 235 g/mol. The third kappa shape index (κ3) is 2.23. The fourth-order valence-corrected chi connectivity index (χ4v) is 1.55. The van der Waals surface area contributed by atoms with Gasteiger partial charge in [0, 0.05) is 0 Å². The molecule has 0 aliphatic carbocycles. The molecule has 0 unspecified atom stereocenters. The molecule has 0 radical (unpaired) electrons. The molecule has 0 fully saturated rings. The number of aromatic nitrogens is 3. The van der Waals surface area contributed by atoms with Crippen LogP contribution in [0.25, 0.3) is 0 Å². The van der Waals surface area contributed by atoms with Crippen LogP contribution >= 0.6 is 0 Å². The van der Waals surface area contributed by atoms with Gasteiger partial charge in [0.15, 0.2) is 17.7 Å². The lowest BCUT2D eigenvalue weighted by Gasteiger charge is -2.16. The van der Waals surface area contributed by atoms with E-state index in [0.717, 1.165) is 4.68 Å². The molecule has 7 heteroatoms. The number of halogens is 3. The first kappa shape index (κ1) is 12.7. The maximum Gasteiger partial charge on any atom is 0.435 e. The van der Waals surface area contributed by atoms with E-state index in [2.05, 4.69) is 10.3 Å². The summed E-state index contributed by atoms with van der Waals surface area (Å²) in [6.45, 7) is 3.52. The second-order valence-corrected chi connectivity index (χ2v) is 3.35. The monoisotopic (exact) mass is 235 g/mol. The van der Waals surface area contributed by atoms with Crippen molar-refractivity contribution in [2.45, 2.75) is 38.9 Å². The smallest absolute Gasteiger partial charge is 0.296 e. The molecule has 1 rings (SSSR count). The van der Waals surface area contributed by atoms with Crippen LogP contribution < -0.4 is 0 Å². The summed E-state index contributed by atoms with van der Waals surface area (Å²) >= 11 is 0. The van der Waals surface area contributed by atoms with E-state index in [1.165, 1.54) is 0 Å². The standard InChI is InChI=1S/C9H12F3N3O/c1-3-6(4-2)15-8(9(10,11)12)7(5-16)13-14-15/h5-6H,3-4H2,1-2H3. The van der Waals surface area contributed by atoms with Crippen LogP contribution in [0.15, 0.2) is 0 Å². The number of carbonyl (C=O) groups excluding carboxylic acids is 1. The van der Waals surface area contributed by atoms with E-state index in [9.17, 15) is 18.0 Å². The molecule has 0 amide bonds. The number of hydrogen-bond donors (Lipinski definition) is 0. The number of aldehydes is 1. The summed E-state index contributed by atoms with van der Waals surface area (Å²) in [5.41, 5.74) is -1.71. The van der Waals surface area contributed by atoms with Crippen molar-refractivity contribution in [1.82, 2.24) is 15.0 Å². The van der Waals surface area contributed by atoms with E-state index in [-0.39, 0.29) is 6.29 Å². The molecule has 90 valence electrons. The summed E-state index contributed by atoms with van der Waals surface area (Å²) in [5.74, 6) is 0. The summed E-state index contributed by atoms with van der Waals surface area (Å²) in [7, 11) is 0. The third-order valence-electron chi connectivity index (χ3n) is 2.39. The lowest BCUT2D eigenvalue weighted by molar-refractivity contribution is -0.145. The van der Waals surface area contributed by atoms with Crippen LogP contribution in [0.5, 0.6) is 0 Å². The zero-order chi connectivity index (χ0) is 12.3. The van der Waals surface area contributed by atoms with Gasteiger partial charge < -0.3 is 0 Å². The largest absolute Gasteiger partial charge is 0.435 e. The molecule has 1 aromatic rings. The minimum absolute atomic E-state index is 0.0781. The highest BCUT2D eigenvalue weighted by molar-refractivity contribution is 5.73. The molecule has 0 N–H and O–H groups in total. The fourth-order valence-electron chi connectivity index (χ4n) is 1.55. The Bertz CT molecular complexity index is 369. The van der Waals surface area contributed by atoms with Crippen molar-refractivity contribution in [3.8, 4) is 0 Å².